The summed E-state index contributed by atoms with van der Waals surface area (Å²) >= 11 is 0. The maximum Gasteiger partial charge on any atom is 0.338 e. The predicted molar refractivity (Wildman–Crippen MR) is 90.6 cm³/mol. The molecule has 1 aliphatic heterocycles. The molecule has 134 valence electrons. The Morgan fingerprint density at radius 1 is 1.20 bits per heavy atom. The summed E-state index contributed by atoms with van der Waals surface area (Å²) in [6.45, 7) is 5.29. The molecule has 7 nitrogen and oxygen atoms in total. The Hall–Kier alpha value is -2.83. The molecule has 0 radical (unpaired) electrons. The number of benzene rings is 1. The monoisotopic (exact) mass is 346 g/mol. The molecule has 0 aromatic heterocycles. The summed E-state index contributed by atoms with van der Waals surface area (Å²) in [6.07, 6.45) is 0.121. The third-order valence-corrected chi connectivity index (χ3v) is 3.84. The predicted octanol–water partition coefficient (Wildman–Crippen LogP) is 1.60. The number of amides is 2. The lowest BCUT2D eigenvalue weighted by molar-refractivity contribution is -0.143. The average Bonchev–Trinajstić information content (AvgIpc) is 2.54. The van der Waals surface area contributed by atoms with Gasteiger partial charge in [0.1, 0.15) is 6.61 Å². The number of carbonyl (C=O) groups excluding carboxylic acids is 3. The zero-order chi connectivity index (χ0) is 18.4. The van der Waals surface area contributed by atoms with Gasteiger partial charge in [0, 0.05) is 0 Å². The quantitative estimate of drug-likeness (QED) is 0.763. The molecule has 1 aliphatic rings. The zero-order valence-corrected chi connectivity index (χ0v) is 14.5. The Morgan fingerprint density at radius 2 is 1.92 bits per heavy atom. The topological polar surface area (TPSA) is 93.7 Å². The van der Waals surface area contributed by atoms with Gasteiger partial charge in [-0.25, -0.2) is 9.59 Å². The Bertz CT molecular complexity index is 711. The van der Waals surface area contributed by atoms with Gasteiger partial charge >= 0.3 is 18.0 Å². The Kier molecular flexibility index (Phi) is 6.16. The van der Waals surface area contributed by atoms with Crippen LogP contribution in [0.25, 0.3) is 0 Å². The van der Waals surface area contributed by atoms with Gasteiger partial charge < -0.3 is 20.1 Å². The minimum atomic E-state index is -0.549. The van der Waals surface area contributed by atoms with Crippen LogP contribution < -0.4 is 10.6 Å². The van der Waals surface area contributed by atoms with Crippen molar-refractivity contribution in [2.24, 2.45) is 0 Å². The molecule has 1 aromatic rings. The van der Waals surface area contributed by atoms with Crippen molar-refractivity contribution in [2.75, 3.05) is 13.2 Å². The highest BCUT2D eigenvalue weighted by Crippen LogP contribution is 2.15. The molecular formula is C18H22N2O5. The minimum Gasteiger partial charge on any atom is -0.463 e. The molecule has 2 amide bonds. The fourth-order valence-electron chi connectivity index (χ4n) is 2.56. The number of urea groups is 1. The van der Waals surface area contributed by atoms with E-state index in [0.29, 0.717) is 0 Å². The van der Waals surface area contributed by atoms with E-state index in [1.54, 1.807) is 13.8 Å². The number of carbonyl (C=O) groups is 3. The van der Waals surface area contributed by atoms with E-state index in [9.17, 15) is 14.4 Å². The Labute approximate surface area is 146 Å². The third-order valence-electron chi connectivity index (χ3n) is 3.84. The molecule has 0 saturated carbocycles. The number of aryl methyl sites for hydroxylation is 1. The molecule has 1 atom stereocenters. The second kappa shape index (κ2) is 8.32. The zero-order valence-electron chi connectivity index (χ0n) is 14.5. The average molecular weight is 346 g/mol. The van der Waals surface area contributed by atoms with E-state index >= 15 is 0 Å². The van der Waals surface area contributed by atoms with Crippen LogP contribution in [-0.4, -0.2) is 37.2 Å². The smallest absolute Gasteiger partial charge is 0.338 e. The van der Waals surface area contributed by atoms with Crippen molar-refractivity contribution in [3.8, 4) is 0 Å². The van der Waals surface area contributed by atoms with Gasteiger partial charge in [-0.2, -0.15) is 0 Å². The third kappa shape index (κ3) is 4.82. The molecule has 2 rings (SSSR count). The van der Waals surface area contributed by atoms with E-state index in [4.69, 9.17) is 9.47 Å². The number of ether oxygens (including phenoxy) is 2. The Balaban J connectivity index is 2.08. The van der Waals surface area contributed by atoms with Crippen molar-refractivity contribution in [1.29, 1.82) is 0 Å². The summed E-state index contributed by atoms with van der Waals surface area (Å²) in [7, 11) is 0. The van der Waals surface area contributed by atoms with Crippen LogP contribution in [0.1, 0.15) is 25.0 Å². The molecule has 0 spiro atoms. The van der Waals surface area contributed by atoms with Crippen molar-refractivity contribution < 1.29 is 23.9 Å². The van der Waals surface area contributed by atoms with E-state index in [1.165, 1.54) is 0 Å². The molecule has 0 unspecified atom stereocenters. The van der Waals surface area contributed by atoms with E-state index in [0.717, 1.165) is 11.1 Å². The SMILES string of the molecule is CCOC(=O)C1=C(COC(=O)Cc2ccccc2C)NC(=O)N[C@H]1C. The lowest BCUT2D eigenvalue weighted by Crippen LogP contribution is -2.50. The van der Waals surface area contributed by atoms with Crippen LogP contribution in [0.2, 0.25) is 0 Å². The molecule has 0 fully saturated rings. The van der Waals surface area contributed by atoms with Crippen LogP contribution in [0.4, 0.5) is 4.79 Å². The maximum atomic E-state index is 12.1. The molecule has 2 N–H and O–H groups in total. The minimum absolute atomic E-state index is 0.121. The molecule has 7 heteroatoms. The number of hydrogen-bond acceptors (Lipinski definition) is 5. The lowest BCUT2D eigenvalue weighted by atomic mass is 10.0. The van der Waals surface area contributed by atoms with Crippen LogP contribution >= 0.6 is 0 Å². The second-order valence-corrected chi connectivity index (χ2v) is 5.70. The molecule has 0 bridgehead atoms. The highest BCUT2D eigenvalue weighted by atomic mass is 16.5. The van der Waals surface area contributed by atoms with Gasteiger partial charge in [-0.15, -0.1) is 0 Å². The van der Waals surface area contributed by atoms with Gasteiger partial charge in [0.25, 0.3) is 0 Å². The molecule has 25 heavy (non-hydrogen) atoms. The van der Waals surface area contributed by atoms with Crippen LogP contribution in [0, 0.1) is 6.92 Å². The number of esters is 2. The van der Waals surface area contributed by atoms with Crippen LogP contribution in [0.3, 0.4) is 0 Å². The molecule has 0 aliphatic carbocycles. The number of nitrogens with one attached hydrogen (secondary N) is 2. The van der Waals surface area contributed by atoms with Crippen molar-refractivity contribution in [3.05, 3.63) is 46.7 Å². The first-order valence-corrected chi connectivity index (χ1v) is 8.10. The normalized spacial score (nSPS) is 16.8. The largest absolute Gasteiger partial charge is 0.463 e. The van der Waals surface area contributed by atoms with E-state index in [2.05, 4.69) is 10.6 Å². The highest BCUT2D eigenvalue weighted by Gasteiger charge is 2.30. The first-order valence-electron chi connectivity index (χ1n) is 8.10. The fourth-order valence-corrected chi connectivity index (χ4v) is 2.56. The first kappa shape index (κ1) is 18.5. The molecule has 1 aromatic carbocycles. The summed E-state index contributed by atoms with van der Waals surface area (Å²) in [5.74, 6) is -0.988. The first-order chi connectivity index (χ1) is 11.9. The number of hydrogen-bond donors (Lipinski definition) is 2. The summed E-state index contributed by atoms with van der Waals surface area (Å²) in [6, 6.07) is 6.54. The lowest BCUT2D eigenvalue weighted by Gasteiger charge is -2.26. The van der Waals surface area contributed by atoms with Crippen LogP contribution in [0.5, 0.6) is 0 Å². The molecule has 0 saturated heterocycles. The Morgan fingerprint density at radius 3 is 2.60 bits per heavy atom. The van der Waals surface area contributed by atoms with Gasteiger partial charge in [-0.3, -0.25) is 4.79 Å². The highest BCUT2D eigenvalue weighted by molar-refractivity contribution is 5.94. The van der Waals surface area contributed by atoms with E-state index < -0.39 is 24.0 Å². The van der Waals surface area contributed by atoms with E-state index in [1.807, 2.05) is 31.2 Å². The fraction of sp³-hybridized carbons (Fsp3) is 0.389. The van der Waals surface area contributed by atoms with Gasteiger partial charge in [0.15, 0.2) is 0 Å². The summed E-state index contributed by atoms with van der Waals surface area (Å²) in [5.41, 5.74) is 2.36. The second-order valence-electron chi connectivity index (χ2n) is 5.70. The van der Waals surface area contributed by atoms with Crippen LogP contribution in [-0.2, 0) is 25.5 Å². The van der Waals surface area contributed by atoms with Gasteiger partial charge in [-0.05, 0) is 31.9 Å². The van der Waals surface area contributed by atoms with E-state index in [-0.39, 0.29) is 30.9 Å². The van der Waals surface area contributed by atoms with Crippen molar-refractivity contribution >= 4 is 18.0 Å². The van der Waals surface area contributed by atoms with Crippen LogP contribution in [0.15, 0.2) is 35.5 Å². The van der Waals surface area contributed by atoms with Gasteiger partial charge in [-0.1, -0.05) is 24.3 Å². The van der Waals surface area contributed by atoms with Crippen molar-refractivity contribution in [1.82, 2.24) is 10.6 Å². The van der Waals surface area contributed by atoms with Crippen molar-refractivity contribution in [3.63, 3.8) is 0 Å². The summed E-state index contributed by atoms with van der Waals surface area (Å²) in [4.78, 5) is 35.8. The number of rotatable bonds is 6. The molecular weight excluding hydrogens is 324 g/mol. The van der Waals surface area contributed by atoms with Gasteiger partial charge in [0.2, 0.25) is 0 Å². The maximum absolute atomic E-state index is 12.1. The van der Waals surface area contributed by atoms with Gasteiger partial charge in [0.05, 0.1) is 30.3 Å². The summed E-state index contributed by atoms with van der Waals surface area (Å²) in [5, 5.41) is 5.10. The molecule has 1 heterocycles. The van der Waals surface area contributed by atoms with Crippen molar-refractivity contribution in [2.45, 2.75) is 33.2 Å². The standard InChI is InChI=1S/C18H22N2O5/c1-4-24-17(22)16-12(3)19-18(23)20-14(16)10-25-15(21)9-13-8-6-5-7-11(13)2/h5-8,12H,4,9-10H2,1-3H3,(H2,19,20,23)/t12-/m0/s1. The summed E-state index contributed by atoms with van der Waals surface area (Å²) < 4.78 is 10.3.